The van der Waals surface area contributed by atoms with E-state index in [1.807, 2.05) is 12.2 Å². The second kappa shape index (κ2) is 13.7. The average molecular weight is 381 g/mol. The second-order valence-corrected chi connectivity index (χ2v) is 7.28. The summed E-state index contributed by atoms with van der Waals surface area (Å²) in [5, 5.41) is 8.66. The average Bonchev–Trinajstić information content (AvgIpc) is 2.95. The molecule has 4 atom stereocenters. The molecule has 154 valence electrons. The van der Waals surface area contributed by atoms with Gasteiger partial charge < -0.3 is 14.6 Å². The number of ketones is 1. The summed E-state index contributed by atoms with van der Waals surface area (Å²) in [6, 6.07) is 0. The molecule has 0 aromatic rings. The maximum absolute atomic E-state index is 12.4. The van der Waals surface area contributed by atoms with Crippen molar-refractivity contribution in [1.82, 2.24) is 0 Å². The number of allylic oxidation sites excluding steroid dienone is 2. The fraction of sp³-hybridized carbons (Fsp3) is 0.727. The summed E-state index contributed by atoms with van der Waals surface area (Å²) in [5.41, 5.74) is 0. The second-order valence-electron chi connectivity index (χ2n) is 7.28. The van der Waals surface area contributed by atoms with Crippen molar-refractivity contribution >= 4 is 11.8 Å². The molecule has 0 amide bonds. The van der Waals surface area contributed by atoms with Gasteiger partial charge in [-0.05, 0) is 25.7 Å². The molecule has 5 heteroatoms. The Morgan fingerprint density at radius 1 is 1.26 bits per heavy atom. The molecule has 0 aromatic heterocycles. The molecular formula is C22H36O5. The van der Waals surface area contributed by atoms with Crippen molar-refractivity contribution < 1.29 is 24.2 Å². The summed E-state index contributed by atoms with van der Waals surface area (Å²) < 4.78 is 11.1. The number of hydrogen-bond donors (Lipinski definition) is 1. The first-order chi connectivity index (χ1) is 13.0. The summed E-state index contributed by atoms with van der Waals surface area (Å²) in [4.78, 5) is 23.0. The van der Waals surface area contributed by atoms with Crippen LogP contribution in [0, 0.1) is 11.8 Å². The van der Waals surface area contributed by atoms with Gasteiger partial charge in [-0.15, -0.1) is 0 Å². The van der Waals surface area contributed by atoms with Gasteiger partial charge in [0.1, 0.15) is 5.78 Å². The SMILES string of the molecule is CCCCCC(C=C[C@H]1C(OC)CC(=O)[C@@H]1CC=CCCCC(=O)O)OC. The molecule has 2 unspecified atom stereocenters. The zero-order chi connectivity index (χ0) is 20.1. The van der Waals surface area contributed by atoms with E-state index in [0.717, 1.165) is 19.3 Å². The molecule has 0 radical (unpaired) electrons. The van der Waals surface area contributed by atoms with E-state index in [2.05, 4.69) is 19.1 Å². The topological polar surface area (TPSA) is 72.8 Å². The van der Waals surface area contributed by atoms with Gasteiger partial charge in [-0.2, -0.15) is 0 Å². The van der Waals surface area contributed by atoms with Crippen LogP contribution >= 0.6 is 0 Å². The number of unbranched alkanes of at least 4 members (excludes halogenated alkanes) is 3. The minimum absolute atomic E-state index is 0.0648. The van der Waals surface area contributed by atoms with Gasteiger partial charge in [-0.1, -0.05) is 50.5 Å². The number of hydrogen-bond acceptors (Lipinski definition) is 4. The van der Waals surface area contributed by atoms with E-state index < -0.39 is 5.97 Å². The van der Waals surface area contributed by atoms with E-state index in [1.165, 1.54) is 12.8 Å². The van der Waals surface area contributed by atoms with E-state index in [0.29, 0.717) is 19.3 Å². The molecule has 0 aliphatic heterocycles. The van der Waals surface area contributed by atoms with Crippen LogP contribution in [0.5, 0.6) is 0 Å². The molecule has 0 saturated heterocycles. The van der Waals surface area contributed by atoms with Gasteiger partial charge in [0, 0.05) is 38.9 Å². The van der Waals surface area contributed by atoms with Crippen LogP contribution in [0.1, 0.15) is 64.7 Å². The normalized spacial score (nSPS) is 24.3. The Kier molecular flexibility index (Phi) is 11.9. The molecule has 0 bridgehead atoms. The quantitative estimate of drug-likeness (QED) is 0.353. The first-order valence-corrected chi connectivity index (χ1v) is 10.2. The lowest BCUT2D eigenvalue weighted by Gasteiger charge is -2.20. The minimum atomic E-state index is -0.769. The third-order valence-corrected chi connectivity index (χ3v) is 5.27. The van der Waals surface area contributed by atoms with Gasteiger partial charge in [0.05, 0.1) is 12.2 Å². The molecule has 1 fully saturated rings. The Hall–Kier alpha value is -1.46. The number of Topliss-reactive ketones (excluding diaryl/α,β-unsaturated/α-hetero) is 1. The predicted octanol–water partition coefficient (Wildman–Crippen LogP) is 4.56. The highest BCUT2D eigenvalue weighted by Gasteiger charge is 2.40. The van der Waals surface area contributed by atoms with Crippen LogP contribution in [-0.4, -0.2) is 43.3 Å². The number of carboxylic acid groups (broad SMARTS) is 1. The summed E-state index contributed by atoms with van der Waals surface area (Å²) in [5.74, 6) is -0.536. The maximum Gasteiger partial charge on any atom is 0.303 e. The molecule has 1 rings (SSSR count). The molecular weight excluding hydrogens is 344 g/mol. The number of methoxy groups -OCH3 is 2. The number of ether oxygens (including phenoxy) is 2. The van der Waals surface area contributed by atoms with Crippen molar-refractivity contribution in [2.45, 2.75) is 76.9 Å². The van der Waals surface area contributed by atoms with Crippen LogP contribution in [0.3, 0.4) is 0 Å². The number of aliphatic carboxylic acids is 1. The molecule has 27 heavy (non-hydrogen) atoms. The Labute approximate surface area is 163 Å². The van der Waals surface area contributed by atoms with E-state index in [4.69, 9.17) is 14.6 Å². The summed E-state index contributed by atoms with van der Waals surface area (Å²) in [6.45, 7) is 2.19. The monoisotopic (exact) mass is 380 g/mol. The standard InChI is InChI=1S/C22H36O5/c1-4-5-8-11-17(26-2)14-15-19-18(20(23)16-21(19)27-3)12-9-6-7-10-13-22(24)25/h6,9,14-15,17-19,21H,4-5,7-8,10-13,16H2,1-3H3,(H,24,25)/t17?,18-,19-,21?/m1/s1. The van der Waals surface area contributed by atoms with E-state index in [-0.39, 0.29) is 36.2 Å². The van der Waals surface area contributed by atoms with Crippen LogP contribution in [0.2, 0.25) is 0 Å². The van der Waals surface area contributed by atoms with Crippen molar-refractivity contribution in [3.8, 4) is 0 Å². The summed E-state index contributed by atoms with van der Waals surface area (Å²) >= 11 is 0. The highest BCUT2D eigenvalue weighted by Crippen LogP contribution is 2.35. The van der Waals surface area contributed by atoms with Gasteiger partial charge >= 0.3 is 5.97 Å². The largest absolute Gasteiger partial charge is 0.481 e. The van der Waals surface area contributed by atoms with Crippen molar-refractivity contribution in [1.29, 1.82) is 0 Å². The van der Waals surface area contributed by atoms with Gasteiger partial charge in [0.15, 0.2) is 0 Å². The van der Waals surface area contributed by atoms with Crippen LogP contribution in [0.4, 0.5) is 0 Å². The highest BCUT2D eigenvalue weighted by atomic mass is 16.5. The summed E-state index contributed by atoms with van der Waals surface area (Å²) in [7, 11) is 3.39. The number of carbonyl (C=O) groups is 2. The van der Waals surface area contributed by atoms with E-state index in [1.54, 1.807) is 14.2 Å². The molecule has 1 aliphatic carbocycles. The van der Waals surface area contributed by atoms with Crippen molar-refractivity contribution in [2.75, 3.05) is 14.2 Å². The fourth-order valence-corrected chi connectivity index (χ4v) is 3.62. The van der Waals surface area contributed by atoms with Crippen LogP contribution in [0.15, 0.2) is 24.3 Å². The van der Waals surface area contributed by atoms with Gasteiger partial charge in [-0.3, -0.25) is 9.59 Å². The predicted molar refractivity (Wildman–Crippen MR) is 107 cm³/mol. The Morgan fingerprint density at radius 2 is 2.04 bits per heavy atom. The third-order valence-electron chi connectivity index (χ3n) is 5.27. The van der Waals surface area contributed by atoms with Gasteiger partial charge in [-0.25, -0.2) is 0 Å². The molecule has 5 nitrogen and oxygen atoms in total. The number of carboxylic acids is 1. The Balaban J connectivity index is 2.62. The number of rotatable bonds is 14. The first-order valence-electron chi connectivity index (χ1n) is 10.2. The maximum atomic E-state index is 12.4. The third kappa shape index (κ3) is 8.85. The highest BCUT2D eigenvalue weighted by molar-refractivity contribution is 5.84. The van der Waals surface area contributed by atoms with Crippen LogP contribution in [0.25, 0.3) is 0 Å². The fourth-order valence-electron chi connectivity index (χ4n) is 3.62. The van der Waals surface area contributed by atoms with Crippen LogP contribution in [-0.2, 0) is 19.1 Å². The zero-order valence-electron chi connectivity index (χ0n) is 17.1. The van der Waals surface area contributed by atoms with E-state index >= 15 is 0 Å². The van der Waals surface area contributed by atoms with Crippen LogP contribution < -0.4 is 0 Å². The van der Waals surface area contributed by atoms with Gasteiger partial charge in [0.25, 0.3) is 0 Å². The summed E-state index contributed by atoms with van der Waals surface area (Å²) in [6.07, 6.45) is 15.4. The Bertz CT molecular complexity index is 497. The van der Waals surface area contributed by atoms with Gasteiger partial charge in [0.2, 0.25) is 0 Å². The lowest BCUT2D eigenvalue weighted by Crippen LogP contribution is -2.20. The van der Waals surface area contributed by atoms with E-state index in [9.17, 15) is 9.59 Å². The minimum Gasteiger partial charge on any atom is -0.481 e. The molecule has 0 aromatic carbocycles. The molecule has 1 N–H and O–H groups in total. The lowest BCUT2D eigenvalue weighted by atomic mass is 9.90. The Morgan fingerprint density at radius 3 is 2.67 bits per heavy atom. The molecule has 1 saturated carbocycles. The smallest absolute Gasteiger partial charge is 0.303 e. The van der Waals surface area contributed by atoms with Crippen molar-refractivity contribution in [3.63, 3.8) is 0 Å². The number of carbonyl (C=O) groups excluding carboxylic acids is 1. The lowest BCUT2D eigenvalue weighted by molar-refractivity contribution is -0.137. The molecule has 1 aliphatic rings. The van der Waals surface area contributed by atoms with Crippen molar-refractivity contribution in [3.05, 3.63) is 24.3 Å². The molecule has 0 heterocycles. The molecule has 0 spiro atoms. The first kappa shape index (κ1) is 23.6. The zero-order valence-corrected chi connectivity index (χ0v) is 17.1. The van der Waals surface area contributed by atoms with Crippen molar-refractivity contribution in [2.24, 2.45) is 11.8 Å².